The Morgan fingerprint density at radius 3 is 3.00 bits per heavy atom. The van der Waals surface area contributed by atoms with Gasteiger partial charge in [0.2, 0.25) is 5.91 Å². The number of carbonyl (C=O) groups is 2. The summed E-state index contributed by atoms with van der Waals surface area (Å²) in [6.07, 6.45) is 2.14. The summed E-state index contributed by atoms with van der Waals surface area (Å²) in [5.74, 6) is -0.00209. The molecule has 0 unspecified atom stereocenters. The Morgan fingerprint density at radius 2 is 2.28 bits per heavy atom. The van der Waals surface area contributed by atoms with Gasteiger partial charge in [0, 0.05) is 13.6 Å². The van der Waals surface area contributed by atoms with Crippen molar-refractivity contribution in [1.29, 1.82) is 0 Å². The molecule has 2 heterocycles. The van der Waals surface area contributed by atoms with Crippen LogP contribution in [-0.4, -0.2) is 41.8 Å². The van der Waals surface area contributed by atoms with Gasteiger partial charge in [-0.1, -0.05) is 24.7 Å². The third-order valence-corrected chi connectivity index (χ3v) is 3.61. The van der Waals surface area contributed by atoms with Gasteiger partial charge in [0.1, 0.15) is 4.88 Å². The molecule has 7 heteroatoms. The molecule has 18 heavy (non-hydrogen) atoms. The van der Waals surface area contributed by atoms with Crippen LogP contribution < -0.4 is 10.6 Å². The van der Waals surface area contributed by atoms with Gasteiger partial charge in [-0.15, -0.1) is 0 Å². The first kappa shape index (κ1) is 12.8. The van der Waals surface area contributed by atoms with Crippen LogP contribution in [-0.2, 0) is 4.79 Å². The Hall–Kier alpha value is -1.63. The van der Waals surface area contributed by atoms with E-state index in [1.165, 1.54) is 16.2 Å². The molecule has 2 N–H and O–H groups in total. The lowest BCUT2D eigenvalue weighted by atomic mass is 10.3. The lowest BCUT2D eigenvalue weighted by Crippen LogP contribution is -2.31. The summed E-state index contributed by atoms with van der Waals surface area (Å²) in [6.45, 7) is 3.00. The number of likely N-dealkylation sites (N-methyl/N-ethyl adjacent to an activating group) is 1. The topological polar surface area (TPSA) is 74.3 Å². The second-order valence-corrected chi connectivity index (χ2v) is 5.19. The lowest BCUT2D eigenvalue weighted by Gasteiger charge is -2.10. The molecule has 0 aliphatic carbocycles. The van der Waals surface area contributed by atoms with Crippen LogP contribution in [0.4, 0.5) is 10.9 Å². The van der Waals surface area contributed by atoms with Gasteiger partial charge in [0.05, 0.1) is 6.54 Å². The van der Waals surface area contributed by atoms with Crippen LogP contribution in [0.15, 0.2) is 0 Å². The van der Waals surface area contributed by atoms with Crippen LogP contribution in [0.1, 0.15) is 29.4 Å². The van der Waals surface area contributed by atoms with Gasteiger partial charge in [-0.2, -0.15) is 0 Å². The Morgan fingerprint density at radius 1 is 1.50 bits per heavy atom. The normalized spacial score (nSPS) is 15.1. The first-order chi connectivity index (χ1) is 8.61. The number of fused-ring (bicyclic) bond motifs is 1. The molecule has 0 bridgehead atoms. The smallest absolute Gasteiger partial charge is 0.268 e. The zero-order valence-corrected chi connectivity index (χ0v) is 11.3. The summed E-state index contributed by atoms with van der Waals surface area (Å²) in [5, 5.41) is 6.49. The molecule has 2 amide bonds. The molecule has 0 radical (unpaired) electrons. The van der Waals surface area contributed by atoms with Gasteiger partial charge < -0.3 is 15.5 Å². The highest BCUT2D eigenvalue weighted by Crippen LogP contribution is 2.29. The average molecular weight is 268 g/mol. The fraction of sp³-hybridized carbons (Fsp3) is 0.545. The van der Waals surface area contributed by atoms with Crippen molar-refractivity contribution in [3.05, 3.63) is 4.88 Å². The van der Waals surface area contributed by atoms with E-state index < -0.39 is 0 Å². The molecule has 2 rings (SSSR count). The maximum absolute atomic E-state index is 12.0. The quantitative estimate of drug-likeness (QED) is 0.809. The molecule has 1 aliphatic rings. The molecule has 1 aliphatic heterocycles. The molecule has 1 aromatic rings. The third kappa shape index (κ3) is 2.61. The number of nitrogens with zero attached hydrogens (tertiary/aromatic N) is 2. The second kappa shape index (κ2) is 5.34. The first-order valence-corrected chi connectivity index (χ1v) is 6.73. The monoisotopic (exact) mass is 268 g/mol. The number of amides is 2. The zero-order valence-electron chi connectivity index (χ0n) is 10.4. The van der Waals surface area contributed by atoms with Crippen molar-refractivity contribution in [2.75, 3.05) is 30.8 Å². The maximum atomic E-state index is 12.0. The van der Waals surface area contributed by atoms with Crippen molar-refractivity contribution >= 4 is 34.1 Å². The average Bonchev–Trinajstić information content (AvgIpc) is 2.67. The van der Waals surface area contributed by atoms with Crippen molar-refractivity contribution in [3.63, 3.8) is 0 Å². The molecular weight excluding hydrogens is 252 g/mol. The number of aromatic nitrogens is 1. The van der Waals surface area contributed by atoms with Gasteiger partial charge in [-0.3, -0.25) is 9.59 Å². The Balaban J connectivity index is 2.18. The standard InChI is InChI=1S/C11H16N4O2S/c1-3-4-5-12-11-14-9-8(18-11)10(17)15(2)6-7(16)13-9/h3-6H2,1-2H3,(H,12,14)(H,13,16). The number of carbonyl (C=O) groups excluding carboxylic acids is 2. The van der Waals surface area contributed by atoms with Gasteiger partial charge in [0.15, 0.2) is 10.9 Å². The fourth-order valence-corrected chi connectivity index (χ4v) is 2.57. The van der Waals surface area contributed by atoms with E-state index in [0.717, 1.165) is 19.4 Å². The third-order valence-electron chi connectivity index (χ3n) is 2.61. The number of unbranched alkanes of at least 4 members (excludes halogenated alkanes) is 1. The summed E-state index contributed by atoms with van der Waals surface area (Å²) in [4.78, 5) is 29.6. The Kier molecular flexibility index (Phi) is 3.81. The molecule has 0 saturated carbocycles. The highest BCUT2D eigenvalue weighted by Gasteiger charge is 2.27. The highest BCUT2D eigenvalue weighted by molar-refractivity contribution is 7.18. The van der Waals surface area contributed by atoms with Crippen molar-refractivity contribution in [3.8, 4) is 0 Å². The van der Waals surface area contributed by atoms with Gasteiger partial charge in [0.25, 0.3) is 5.91 Å². The summed E-state index contributed by atoms with van der Waals surface area (Å²) in [7, 11) is 1.61. The number of thiazole rings is 1. The fourth-order valence-electron chi connectivity index (χ4n) is 1.63. The summed E-state index contributed by atoms with van der Waals surface area (Å²) >= 11 is 1.28. The number of anilines is 2. The number of hydrogen-bond donors (Lipinski definition) is 2. The molecule has 0 aromatic carbocycles. The summed E-state index contributed by atoms with van der Waals surface area (Å²) in [5.41, 5.74) is 0. The van der Waals surface area contributed by atoms with E-state index in [9.17, 15) is 9.59 Å². The van der Waals surface area contributed by atoms with Gasteiger partial charge >= 0.3 is 0 Å². The molecule has 1 aromatic heterocycles. The van der Waals surface area contributed by atoms with E-state index in [2.05, 4.69) is 22.5 Å². The number of hydrogen-bond acceptors (Lipinski definition) is 5. The van der Waals surface area contributed by atoms with E-state index in [0.29, 0.717) is 15.8 Å². The van der Waals surface area contributed by atoms with Crippen molar-refractivity contribution in [2.24, 2.45) is 0 Å². The maximum Gasteiger partial charge on any atom is 0.268 e. The molecule has 98 valence electrons. The van der Waals surface area contributed by atoms with Gasteiger partial charge in [-0.25, -0.2) is 4.98 Å². The summed E-state index contributed by atoms with van der Waals surface area (Å²) < 4.78 is 0. The molecular formula is C11H16N4O2S. The number of rotatable bonds is 4. The van der Waals surface area contributed by atoms with E-state index >= 15 is 0 Å². The molecule has 0 fully saturated rings. The van der Waals surface area contributed by atoms with Crippen LogP contribution in [0.3, 0.4) is 0 Å². The second-order valence-electron chi connectivity index (χ2n) is 4.19. The van der Waals surface area contributed by atoms with Crippen LogP contribution in [0, 0.1) is 0 Å². The predicted molar refractivity (Wildman–Crippen MR) is 71.1 cm³/mol. The lowest BCUT2D eigenvalue weighted by molar-refractivity contribution is -0.116. The summed E-state index contributed by atoms with van der Waals surface area (Å²) in [6, 6.07) is 0. The van der Waals surface area contributed by atoms with E-state index in [1.54, 1.807) is 7.05 Å². The van der Waals surface area contributed by atoms with E-state index in [-0.39, 0.29) is 18.4 Å². The first-order valence-electron chi connectivity index (χ1n) is 5.91. The largest absolute Gasteiger partial charge is 0.361 e. The minimum absolute atomic E-state index is 0.0700. The van der Waals surface area contributed by atoms with Crippen LogP contribution >= 0.6 is 11.3 Å². The SMILES string of the molecule is CCCCNc1nc2c(s1)C(=O)N(C)CC(=O)N2. The minimum atomic E-state index is -0.213. The molecule has 0 saturated heterocycles. The zero-order chi connectivity index (χ0) is 13.1. The van der Waals surface area contributed by atoms with E-state index in [4.69, 9.17) is 0 Å². The highest BCUT2D eigenvalue weighted by atomic mass is 32.1. The van der Waals surface area contributed by atoms with Crippen molar-refractivity contribution in [1.82, 2.24) is 9.88 Å². The molecule has 6 nitrogen and oxygen atoms in total. The molecule has 0 spiro atoms. The predicted octanol–water partition coefficient (Wildman–Crippen LogP) is 1.38. The minimum Gasteiger partial charge on any atom is -0.361 e. The Bertz CT molecular complexity index is 472. The molecule has 0 atom stereocenters. The Labute approximate surface area is 109 Å². The van der Waals surface area contributed by atoms with Gasteiger partial charge in [-0.05, 0) is 6.42 Å². The van der Waals surface area contributed by atoms with E-state index in [1.807, 2.05) is 0 Å². The van der Waals surface area contributed by atoms with Crippen LogP contribution in [0.2, 0.25) is 0 Å². The van der Waals surface area contributed by atoms with Crippen LogP contribution in [0.5, 0.6) is 0 Å². The number of nitrogens with one attached hydrogen (secondary N) is 2. The van der Waals surface area contributed by atoms with Crippen molar-refractivity contribution < 1.29 is 9.59 Å². The van der Waals surface area contributed by atoms with Crippen LogP contribution in [0.25, 0.3) is 0 Å². The van der Waals surface area contributed by atoms with Crippen molar-refractivity contribution in [2.45, 2.75) is 19.8 Å².